The Labute approximate surface area is 207 Å². The third kappa shape index (κ3) is 52.3. The SMILES string of the molecule is CCCNCCC.CCCNCCC.CCCNCCC.O=C(O)CN(CC(=O)O)CC(=O)O. The summed E-state index contributed by atoms with van der Waals surface area (Å²) in [4.78, 5) is 31.2. The van der Waals surface area contributed by atoms with E-state index in [4.69, 9.17) is 15.3 Å². The second-order valence-corrected chi connectivity index (χ2v) is 7.58. The van der Waals surface area contributed by atoms with Crippen molar-refractivity contribution < 1.29 is 29.7 Å². The van der Waals surface area contributed by atoms with Gasteiger partial charge in [0.25, 0.3) is 0 Å². The molecule has 6 N–H and O–H groups in total. The molecule has 0 radical (unpaired) electrons. The van der Waals surface area contributed by atoms with E-state index in [-0.39, 0.29) is 0 Å². The van der Waals surface area contributed by atoms with Gasteiger partial charge in [0.1, 0.15) is 0 Å². The van der Waals surface area contributed by atoms with Gasteiger partial charge in [0.15, 0.2) is 0 Å². The lowest BCUT2D eigenvalue weighted by atomic mass is 10.4. The van der Waals surface area contributed by atoms with Gasteiger partial charge in [-0.05, 0) is 77.8 Å². The van der Waals surface area contributed by atoms with E-state index in [2.05, 4.69) is 57.5 Å². The third-order valence-electron chi connectivity index (χ3n) is 3.64. The first kappa shape index (κ1) is 39.5. The number of nitrogens with one attached hydrogen (secondary N) is 3. The van der Waals surface area contributed by atoms with Gasteiger partial charge in [0.05, 0.1) is 19.6 Å². The molecule has 206 valence electrons. The van der Waals surface area contributed by atoms with Crippen molar-refractivity contribution >= 4 is 17.9 Å². The summed E-state index contributed by atoms with van der Waals surface area (Å²) in [6.45, 7) is 18.3. The van der Waals surface area contributed by atoms with Crippen LogP contribution in [0.15, 0.2) is 0 Å². The van der Waals surface area contributed by atoms with Gasteiger partial charge in [-0.2, -0.15) is 0 Å². The van der Waals surface area contributed by atoms with Crippen molar-refractivity contribution in [3.63, 3.8) is 0 Å². The van der Waals surface area contributed by atoms with Gasteiger partial charge in [-0.3, -0.25) is 19.3 Å². The lowest BCUT2D eigenvalue weighted by Crippen LogP contribution is -2.38. The molecule has 0 aliphatic carbocycles. The molecule has 0 aromatic carbocycles. The first-order valence-corrected chi connectivity index (χ1v) is 12.7. The lowest BCUT2D eigenvalue weighted by Gasteiger charge is -2.14. The van der Waals surface area contributed by atoms with Crippen molar-refractivity contribution in [2.45, 2.75) is 80.1 Å². The number of nitrogens with zero attached hydrogens (tertiary/aromatic N) is 1. The van der Waals surface area contributed by atoms with Crippen LogP contribution >= 0.6 is 0 Å². The largest absolute Gasteiger partial charge is 0.480 e. The van der Waals surface area contributed by atoms with Gasteiger partial charge in [-0.25, -0.2) is 0 Å². The molecule has 0 aromatic rings. The van der Waals surface area contributed by atoms with Crippen LogP contribution in [0.25, 0.3) is 0 Å². The van der Waals surface area contributed by atoms with Crippen molar-refractivity contribution in [3.8, 4) is 0 Å². The number of hydrogen-bond donors (Lipinski definition) is 6. The third-order valence-corrected chi connectivity index (χ3v) is 3.64. The van der Waals surface area contributed by atoms with Crippen molar-refractivity contribution in [1.29, 1.82) is 0 Å². The average Bonchev–Trinajstić information content (AvgIpc) is 2.75. The Hall–Kier alpha value is -1.75. The zero-order chi connectivity index (χ0) is 27.0. The Morgan fingerprint density at radius 1 is 0.471 bits per heavy atom. The minimum atomic E-state index is -1.26. The topological polar surface area (TPSA) is 151 Å². The van der Waals surface area contributed by atoms with Gasteiger partial charge in [-0.15, -0.1) is 0 Å². The zero-order valence-corrected chi connectivity index (χ0v) is 22.6. The second-order valence-electron chi connectivity index (χ2n) is 7.58. The maximum atomic E-state index is 10.1. The molecule has 0 bridgehead atoms. The number of carbonyl (C=O) groups is 3. The summed E-state index contributed by atoms with van der Waals surface area (Å²) in [7, 11) is 0. The van der Waals surface area contributed by atoms with E-state index < -0.39 is 37.5 Å². The fourth-order valence-corrected chi connectivity index (χ4v) is 2.18. The fourth-order valence-electron chi connectivity index (χ4n) is 2.18. The number of aliphatic carboxylic acids is 3. The molecule has 0 aliphatic heterocycles. The minimum absolute atomic E-state index is 0.599. The lowest BCUT2D eigenvalue weighted by molar-refractivity contribution is -0.144. The highest BCUT2D eigenvalue weighted by atomic mass is 16.4. The Balaban J connectivity index is -0.000000186. The first-order chi connectivity index (χ1) is 16.2. The molecular weight excluding hydrogens is 440 g/mol. The number of rotatable bonds is 18. The van der Waals surface area contributed by atoms with Crippen LogP contribution in [-0.2, 0) is 14.4 Å². The van der Waals surface area contributed by atoms with E-state index in [0.29, 0.717) is 0 Å². The average molecular weight is 495 g/mol. The van der Waals surface area contributed by atoms with Gasteiger partial charge >= 0.3 is 17.9 Å². The molecule has 0 spiro atoms. The smallest absolute Gasteiger partial charge is 0.317 e. The molecule has 0 unspecified atom stereocenters. The predicted molar refractivity (Wildman–Crippen MR) is 140 cm³/mol. The summed E-state index contributed by atoms with van der Waals surface area (Å²) in [6.07, 6.45) is 7.50. The zero-order valence-electron chi connectivity index (χ0n) is 22.6. The molecule has 0 atom stereocenters. The minimum Gasteiger partial charge on any atom is -0.480 e. The molecule has 0 amide bonds. The maximum Gasteiger partial charge on any atom is 0.317 e. The molecule has 0 rings (SSSR count). The maximum absolute atomic E-state index is 10.1. The number of carboxylic acid groups (broad SMARTS) is 3. The molecule has 34 heavy (non-hydrogen) atoms. The Morgan fingerprint density at radius 2 is 0.647 bits per heavy atom. The Morgan fingerprint density at radius 3 is 0.765 bits per heavy atom. The summed E-state index contributed by atoms with van der Waals surface area (Å²) in [5, 5.41) is 34.7. The van der Waals surface area contributed by atoms with E-state index >= 15 is 0 Å². The molecule has 0 fully saturated rings. The van der Waals surface area contributed by atoms with Crippen LogP contribution in [0, 0.1) is 0 Å². The Bertz CT molecular complexity index is 366. The summed E-state index contributed by atoms with van der Waals surface area (Å²) in [5.74, 6) is -3.78. The standard InChI is InChI=1S/C6H9NO6.3C6H15N/c8-4(9)1-7(2-5(10)11)3-6(12)13;3*1-3-5-7-6-4-2/h1-3H2,(H,8,9)(H,10,11)(H,12,13);3*7H,3-6H2,1-2H3. The predicted octanol–water partition coefficient (Wildman–Crippen LogP) is 2.73. The van der Waals surface area contributed by atoms with Gasteiger partial charge in [-0.1, -0.05) is 41.5 Å². The molecule has 0 aromatic heterocycles. The molecule has 10 nitrogen and oxygen atoms in total. The van der Waals surface area contributed by atoms with E-state index in [1.54, 1.807) is 0 Å². The van der Waals surface area contributed by atoms with Crippen molar-refractivity contribution in [3.05, 3.63) is 0 Å². The summed E-state index contributed by atoms with van der Waals surface area (Å²) < 4.78 is 0. The highest BCUT2D eigenvalue weighted by Gasteiger charge is 2.15. The molecule has 0 aliphatic rings. The summed E-state index contributed by atoms with van der Waals surface area (Å²) in [6, 6.07) is 0. The van der Waals surface area contributed by atoms with Crippen LogP contribution in [0.4, 0.5) is 0 Å². The van der Waals surface area contributed by atoms with Gasteiger partial charge in [0.2, 0.25) is 0 Å². The number of carboxylic acids is 3. The van der Waals surface area contributed by atoms with E-state index in [1.165, 1.54) is 77.8 Å². The monoisotopic (exact) mass is 494 g/mol. The van der Waals surface area contributed by atoms with Gasteiger partial charge in [0, 0.05) is 0 Å². The second kappa shape index (κ2) is 35.8. The van der Waals surface area contributed by atoms with Crippen molar-refractivity contribution in [1.82, 2.24) is 20.9 Å². The molecule has 0 saturated heterocycles. The fraction of sp³-hybridized carbons (Fsp3) is 0.875. The van der Waals surface area contributed by atoms with E-state index in [9.17, 15) is 14.4 Å². The van der Waals surface area contributed by atoms with E-state index in [0.717, 1.165) is 4.90 Å². The van der Waals surface area contributed by atoms with Crippen molar-refractivity contribution in [2.75, 3.05) is 58.9 Å². The first-order valence-electron chi connectivity index (χ1n) is 12.7. The summed E-state index contributed by atoms with van der Waals surface area (Å²) in [5.41, 5.74) is 0. The number of hydrogen-bond acceptors (Lipinski definition) is 7. The van der Waals surface area contributed by atoms with Crippen LogP contribution in [-0.4, -0.2) is 97.0 Å². The van der Waals surface area contributed by atoms with Gasteiger partial charge < -0.3 is 31.3 Å². The molecule has 0 saturated carbocycles. The van der Waals surface area contributed by atoms with Crippen LogP contribution in [0.5, 0.6) is 0 Å². The van der Waals surface area contributed by atoms with Crippen LogP contribution in [0.1, 0.15) is 80.1 Å². The van der Waals surface area contributed by atoms with Crippen molar-refractivity contribution in [2.24, 2.45) is 0 Å². The summed E-state index contributed by atoms with van der Waals surface area (Å²) >= 11 is 0. The molecule has 10 heteroatoms. The van der Waals surface area contributed by atoms with Crippen LogP contribution in [0.3, 0.4) is 0 Å². The molecular formula is C24H54N4O6. The van der Waals surface area contributed by atoms with Crippen LogP contribution in [0.2, 0.25) is 0 Å². The quantitative estimate of drug-likeness (QED) is 0.157. The highest BCUT2D eigenvalue weighted by Crippen LogP contribution is 1.87. The molecule has 0 heterocycles. The normalized spacial score (nSPS) is 9.62. The Kier molecular flexibility index (Phi) is 41.6. The van der Waals surface area contributed by atoms with Crippen LogP contribution < -0.4 is 16.0 Å². The highest BCUT2D eigenvalue weighted by molar-refractivity contribution is 5.75. The van der Waals surface area contributed by atoms with E-state index in [1.807, 2.05) is 0 Å².